The van der Waals surface area contributed by atoms with Gasteiger partial charge < -0.3 is 4.74 Å². The molecule has 0 fully saturated rings. The van der Waals surface area contributed by atoms with Gasteiger partial charge in [-0.2, -0.15) is 5.26 Å². The molecule has 0 amide bonds. The molecule has 4 aromatic rings. The zero-order chi connectivity index (χ0) is 25.7. The smallest absolute Gasteiger partial charge is 0.261 e. The van der Waals surface area contributed by atoms with Crippen LogP contribution in [-0.4, -0.2) is 16.7 Å². The standard InChI is InChI=1S/C29H25Br2N3O2/c1-3-8-26-24(17-20-11-7-12-23(25(20)18-32)19-9-5-4-6-10-19)29(35)34(28(33-26)27(30)31)21-13-15-22(36-2)16-14-21/h4-7,9-16,27H,3,8,17H2,1-2H3. The first-order valence-electron chi connectivity index (χ1n) is 11.6. The Morgan fingerprint density at radius 1 is 1.03 bits per heavy atom. The minimum Gasteiger partial charge on any atom is -0.497 e. The summed E-state index contributed by atoms with van der Waals surface area (Å²) < 4.78 is 6.59. The third-order valence-electron chi connectivity index (χ3n) is 6.02. The number of alkyl halides is 2. The van der Waals surface area contributed by atoms with Crippen molar-refractivity contribution in [2.75, 3.05) is 7.11 Å². The number of benzene rings is 3. The van der Waals surface area contributed by atoms with Gasteiger partial charge in [-0.25, -0.2) is 4.98 Å². The third kappa shape index (κ3) is 5.30. The van der Waals surface area contributed by atoms with Crippen LogP contribution in [0.25, 0.3) is 16.8 Å². The van der Waals surface area contributed by atoms with Gasteiger partial charge in [-0.15, -0.1) is 0 Å². The quantitative estimate of drug-likeness (QED) is 0.200. The molecule has 182 valence electrons. The Hall–Kier alpha value is -3.21. The van der Waals surface area contributed by atoms with Crippen LogP contribution in [0.5, 0.6) is 5.75 Å². The van der Waals surface area contributed by atoms with Crippen molar-refractivity contribution in [3.8, 4) is 28.6 Å². The minimum atomic E-state index is -0.319. The van der Waals surface area contributed by atoms with E-state index in [4.69, 9.17) is 9.72 Å². The van der Waals surface area contributed by atoms with E-state index in [1.165, 1.54) is 0 Å². The van der Waals surface area contributed by atoms with E-state index < -0.39 is 0 Å². The number of hydrogen-bond acceptors (Lipinski definition) is 4. The second-order valence-corrected chi connectivity index (χ2v) is 11.3. The molecule has 0 aliphatic heterocycles. The Balaban J connectivity index is 1.91. The van der Waals surface area contributed by atoms with Gasteiger partial charge >= 0.3 is 0 Å². The molecule has 0 bridgehead atoms. The number of hydrogen-bond donors (Lipinski definition) is 0. The van der Waals surface area contributed by atoms with Gasteiger partial charge in [-0.05, 0) is 47.4 Å². The Kier molecular flexibility index (Phi) is 8.40. The largest absolute Gasteiger partial charge is 0.497 e. The van der Waals surface area contributed by atoms with Gasteiger partial charge in [0.1, 0.15) is 21.4 Å². The Morgan fingerprint density at radius 3 is 2.36 bits per heavy atom. The normalized spacial score (nSPS) is 10.9. The molecule has 0 radical (unpaired) electrons. The van der Waals surface area contributed by atoms with Crippen LogP contribution in [0, 0.1) is 11.3 Å². The molecule has 0 N–H and O–H groups in total. The third-order valence-corrected chi connectivity index (χ3v) is 6.83. The lowest BCUT2D eigenvalue weighted by molar-refractivity contribution is 0.414. The van der Waals surface area contributed by atoms with Gasteiger partial charge in [0.2, 0.25) is 0 Å². The molecule has 0 saturated heterocycles. The van der Waals surface area contributed by atoms with E-state index in [2.05, 4.69) is 44.9 Å². The maximum absolute atomic E-state index is 14.1. The number of methoxy groups -OCH3 is 1. The van der Waals surface area contributed by atoms with Crippen molar-refractivity contribution in [3.63, 3.8) is 0 Å². The molecule has 0 unspecified atom stereocenters. The lowest BCUT2D eigenvalue weighted by Gasteiger charge is -2.19. The summed E-state index contributed by atoms with van der Waals surface area (Å²) in [5.41, 5.74) is 5.09. The van der Waals surface area contributed by atoms with Crippen LogP contribution in [-0.2, 0) is 12.8 Å². The summed E-state index contributed by atoms with van der Waals surface area (Å²) in [7, 11) is 1.61. The van der Waals surface area contributed by atoms with Crippen LogP contribution in [0.1, 0.15) is 45.3 Å². The summed E-state index contributed by atoms with van der Waals surface area (Å²) in [5.74, 6) is 1.27. The van der Waals surface area contributed by atoms with Crippen LogP contribution in [0.15, 0.2) is 77.6 Å². The number of nitriles is 1. The number of rotatable bonds is 8. The summed E-state index contributed by atoms with van der Waals surface area (Å²) in [6.07, 6.45) is 1.82. The monoisotopic (exact) mass is 605 g/mol. The highest BCUT2D eigenvalue weighted by atomic mass is 79.9. The first-order valence-corrected chi connectivity index (χ1v) is 13.5. The predicted molar refractivity (Wildman–Crippen MR) is 150 cm³/mol. The van der Waals surface area contributed by atoms with Crippen LogP contribution in [0.4, 0.5) is 0 Å². The predicted octanol–water partition coefficient (Wildman–Crippen LogP) is 7.11. The summed E-state index contributed by atoms with van der Waals surface area (Å²) in [6, 6.07) is 25.3. The van der Waals surface area contributed by atoms with Crippen molar-refractivity contribution in [1.29, 1.82) is 5.26 Å². The highest BCUT2D eigenvalue weighted by Crippen LogP contribution is 2.31. The zero-order valence-corrected chi connectivity index (χ0v) is 23.2. The Bertz CT molecular complexity index is 1460. The van der Waals surface area contributed by atoms with E-state index in [-0.39, 0.29) is 9.30 Å². The molecule has 1 aromatic heterocycles. The molecule has 1 heterocycles. The first-order chi connectivity index (χ1) is 17.5. The molecule has 5 nitrogen and oxygen atoms in total. The van der Waals surface area contributed by atoms with E-state index in [1.54, 1.807) is 11.7 Å². The van der Waals surface area contributed by atoms with E-state index in [1.807, 2.05) is 72.8 Å². The molecular formula is C29H25Br2N3O2. The summed E-state index contributed by atoms with van der Waals surface area (Å²) in [4.78, 5) is 19.0. The van der Waals surface area contributed by atoms with Gasteiger partial charge in [0.05, 0.1) is 24.1 Å². The molecule has 36 heavy (non-hydrogen) atoms. The van der Waals surface area contributed by atoms with E-state index in [0.717, 1.165) is 28.8 Å². The number of aryl methyl sites for hydroxylation is 1. The molecule has 0 aliphatic rings. The second kappa shape index (κ2) is 11.7. The fourth-order valence-electron chi connectivity index (χ4n) is 4.29. The van der Waals surface area contributed by atoms with Crippen molar-refractivity contribution in [1.82, 2.24) is 9.55 Å². The van der Waals surface area contributed by atoms with Crippen LogP contribution in [0.3, 0.4) is 0 Å². The lowest BCUT2D eigenvalue weighted by atomic mass is 9.92. The van der Waals surface area contributed by atoms with E-state index in [0.29, 0.717) is 41.2 Å². The van der Waals surface area contributed by atoms with Crippen LogP contribution in [0.2, 0.25) is 0 Å². The summed E-state index contributed by atoms with van der Waals surface area (Å²) in [5, 5.41) is 10.1. The average molecular weight is 607 g/mol. The minimum absolute atomic E-state index is 0.147. The highest BCUT2D eigenvalue weighted by Gasteiger charge is 2.22. The number of nitrogens with zero attached hydrogens (tertiary/aromatic N) is 3. The maximum Gasteiger partial charge on any atom is 0.261 e. The molecule has 3 aromatic carbocycles. The van der Waals surface area contributed by atoms with Crippen molar-refractivity contribution >= 4 is 31.9 Å². The van der Waals surface area contributed by atoms with Gasteiger partial charge in [0, 0.05) is 12.0 Å². The fraction of sp³-hybridized carbons (Fsp3) is 0.207. The molecule has 7 heteroatoms. The van der Waals surface area contributed by atoms with Gasteiger partial charge in [0.15, 0.2) is 0 Å². The molecule has 0 saturated carbocycles. The fourth-order valence-corrected chi connectivity index (χ4v) is 4.91. The van der Waals surface area contributed by atoms with Crippen molar-refractivity contribution in [3.05, 3.63) is 111 Å². The average Bonchev–Trinajstić information content (AvgIpc) is 2.91. The summed E-state index contributed by atoms with van der Waals surface area (Å²) in [6.45, 7) is 2.07. The van der Waals surface area contributed by atoms with Crippen molar-refractivity contribution in [2.45, 2.75) is 29.9 Å². The van der Waals surface area contributed by atoms with Crippen molar-refractivity contribution in [2.24, 2.45) is 0 Å². The van der Waals surface area contributed by atoms with E-state index in [9.17, 15) is 10.1 Å². The SMILES string of the molecule is CCCc1nc(C(Br)Br)n(-c2ccc(OC)cc2)c(=O)c1Cc1cccc(-c2ccccc2)c1C#N. The highest BCUT2D eigenvalue weighted by molar-refractivity contribution is 9.24. The molecule has 4 rings (SSSR count). The van der Waals surface area contributed by atoms with Crippen molar-refractivity contribution < 1.29 is 4.74 Å². The molecule has 0 atom stereocenters. The second-order valence-electron chi connectivity index (χ2n) is 8.28. The molecular weight excluding hydrogens is 582 g/mol. The van der Waals surface area contributed by atoms with E-state index >= 15 is 0 Å². The first kappa shape index (κ1) is 25.9. The summed E-state index contributed by atoms with van der Waals surface area (Å²) >= 11 is 7.11. The molecule has 0 spiro atoms. The zero-order valence-electron chi connectivity index (χ0n) is 20.0. The number of aromatic nitrogens is 2. The Labute approximate surface area is 227 Å². The van der Waals surface area contributed by atoms with Crippen LogP contribution >= 0.6 is 31.9 Å². The Morgan fingerprint density at radius 2 is 1.75 bits per heavy atom. The van der Waals surface area contributed by atoms with Gasteiger partial charge in [-0.3, -0.25) is 9.36 Å². The lowest BCUT2D eigenvalue weighted by Crippen LogP contribution is -2.29. The van der Waals surface area contributed by atoms with Gasteiger partial charge in [-0.1, -0.05) is 93.7 Å². The number of halogens is 2. The maximum atomic E-state index is 14.1. The topological polar surface area (TPSA) is 67.9 Å². The van der Waals surface area contributed by atoms with Gasteiger partial charge in [0.25, 0.3) is 5.56 Å². The molecule has 0 aliphatic carbocycles. The van der Waals surface area contributed by atoms with Crippen LogP contribution < -0.4 is 10.3 Å². The number of ether oxygens (including phenoxy) is 1.